The molecule has 186 valence electrons. The maximum absolute atomic E-state index is 13.3. The minimum atomic E-state index is -0.339. The van der Waals surface area contributed by atoms with Crippen LogP contribution in [-0.4, -0.2) is 53.9 Å². The molecular weight excluding hydrogens is 444 g/mol. The number of benzene rings is 2. The Bertz CT molecular complexity index is 1070. The molecule has 0 saturated carbocycles. The van der Waals surface area contributed by atoms with Crippen LogP contribution in [0.1, 0.15) is 36.5 Å². The van der Waals surface area contributed by atoms with Gasteiger partial charge < -0.3 is 21.1 Å². The molecule has 1 aliphatic carbocycles. The predicted molar refractivity (Wildman–Crippen MR) is 134 cm³/mol. The molecule has 0 bridgehead atoms. The number of hydrogen-bond donors (Lipinski definition) is 4. The van der Waals surface area contributed by atoms with E-state index in [9.17, 15) is 19.5 Å². The summed E-state index contributed by atoms with van der Waals surface area (Å²) in [5.74, 6) is -0.791. The molecule has 2 aromatic rings. The number of phenolic OH excluding ortho intramolecular Hbond substituents is 1. The third-order valence-corrected chi connectivity index (χ3v) is 6.77. The molecule has 2 atom stereocenters. The molecule has 0 spiro atoms. The van der Waals surface area contributed by atoms with E-state index in [0.717, 1.165) is 30.5 Å². The number of anilines is 1. The van der Waals surface area contributed by atoms with Gasteiger partial charge in [0.25, 0.3) is 0 Å². The normalized spacial score (nSPS) is 19.6. The maximum atomic E-state index is 13.3. The highest BCUT2D eigenvalue weighted by molar-refractivity contribution is 5.93. The topological polar surface area (TPSA) is 111 Å². The summed E-state index contributed by atoms with van der Waals surface area (Å²) in [6, 6.07) is 13.1. The van der Waals surface area contributed by atoms with Crippen LogP contribution in [0.3, 0.4) is 0 Å². The van der Waals surface area contributed by atoms with Gasteiger partial charge in [-0.15, -0.1) is 0 Å². The molecule has 8 heteroatoms. The number of hydrogen-bond acceptors (Lipinski definition) is 5. The summed E-state index contributed by atoms with van der Waals surface area (Å²) >= 11 is 0. The van der Waals surface area contributed by atoms with Crippen LogP contribution in [0.15, 0.2) is 42.5 Å². The Morgan fingerprint density at radius 1 is 0.914 bits per heavy atom. The van der Waals surface area contributed by atoms with Gasteiger partial charge in [-0.3, -0.25) is 19.3 Å². The van der Waals surface area contributed by atoms with Crippen LogP contribution in [0.2, 0.25) is 0 Å². The van der Waals surface area contributed by atoms with Crippen LogP contribution in [0.4, 0.5) is 5.69 Å². The first kappa shape index (κ1) is 24.7. The van der Waals surface area contributed by atoms with E-state index >= 15 is 0 Å². The van der Waals surface area contributed by atoms with Gasteiger partial charge >= 0.3 is 0 Å². The van der Waals surface area contributed by atoms with Crippen molar-refractivity contribution >= 4 is 23.4 Å². The van der Waals surface area contributed by atoms with Gasteiger partial charge in [-0.25, -0.2) is 0 Å². The second-order valence-corrected chi connectivity index (χ2v) is 9.59. The molecule has 8 nitrogen and oxygen atoms in total. The van der Waals surface area contributed by atoms with E-state index in [1.54, 1.807) is 12.1 Å². The van der Waals surface area contributed by atoms with Gasteiger partial charge in [0.2, 0.25) is 17.7 Å². The first-order chi connectivity index (χ1) is 16.9. The van der Waals surface area contributed by atoms with Crippen LogP contribution in [0.5, 0.6) is 5.75 Å². The average Bonchev–Trinajstić information content (AvgIpc) is 3.31. The van der Waals surface area contributed by atoms with Gasteiger partial charge in [0.1, 0.15) is 5.75 Å². The fourth-order valence-electron chi connectivity index (χ4n) is 5.02. The minimum Gasteiger partial charge on any atom is -0.508 e. The molecule has 0 aromatic heterocycles. The fourth-order valence-corrected chi connectivity index (χ4v) is 5.02. The van der Waals surface area contributed by atoms with Crippen molar-refractivity contribution in [3.63, 3.8) is 0 Å². The molecule has 4 rings (SSSR count). The Morgan fingerprint density at radius 2 is 1.60 bits per heavy atom. The third-order valence-electron chi connectivity index (χ3n) is 6.77. The molecule has 0 unspecified atom stereocenters. The van der Waals surface area contributed by atoms with Gasteiger partial charge in [0.05, 0.1) is 11.8 Å². The first-order valence-corrected chi connectivity index (χ1v) is 12.3. The molecule has 1 heterocycles. The molecule has 2 aliphatic rings. The zero-order chi connectivity index (χ0) is 24.8. The number of nitrogens with zero attached hydrogens (tertiary/aromatic N) is 1. The minimum absolute atomic E-state index is 0.0746. The maximum Gasteiger partial charge on any atom is 0.228 e. The summed E-state index contributed by atoms with van der Waals surface area (Å²) in [6.07, 6.45) is 3.76. The number of aromatic hydroxyl groups is 1. The number of aryl methyl sites for hydroxylation is 2. The van der Waals surface area contributed by atoms with Crippen LogP contribution in [-0.2, 0) is 33.8 Å². The van der Waals surface area contributed by atoms with Crippen LogP contribution < -0.4 is 16.0 Å². The van der Waals surface area contributed by atoms with Crippen molar-refractivity contribution in [2.45, 2.75) is 39.2 Å². The van der Waals surface area contributed by atoms with Crippen LogP contribution >= 0.6 is 0 Å². The molecule has 3 amide bonds. The van der Waals surface area contributed by atoms with Crippen LogP contribution in [0, 0.1) is 11.8 Å². The van der Waals surface area contributed by atoms with Crippen molar-refractivity contribution in [1.29, 1.82) is 0 Å². The second-order valence-electron chi connectivity index (χ2n) is 9.59. The number of carbonyl (C=O) groups excluding carboxylic acids is 3. The Balaban J connectivity index is 1.42. The zero-order valence-corrected chi connectivity index (χ0v) is 20.2. The van der Waals surface area contributed by atoms with E-state index in [-0.39, 0.29) is 35.3 Å². The number of phenols is 1. The summed E-state index contributed by atoms with van der Waals surface area (Å²) in [4.78, 5) is 39.4. The molecular formula is C27H34N4O4. The highest BCUT2D eigenvalue weighted by atomic mass is 16.3. The standard InChI is InChI=1S/C27H34N4O4/c1-18(32)28-11-12-29-26(34)22-13-23(17-31(16-22)15-19-5-9-25(33)10-6-19)27(35)30-24-8-7-20-3-2-4-21(20)14-24/h5-10,14,22-23,33H,2-4,11-13,15-17H2,1H3,(H,28,32)(H,29,34)(H,30,35)/t22-,23+/m0/s1. The predicted octanol–water partition coefficient (Wildman–Crippen LogP) is 2.21. The molecule has 35 heavy (non-hydrogen) atoms. The molecule has 1 aliphatic heterocycles. The Labute approximate surface area is 206 Å². The molecule has 0 radical (unpaired) electrons. The lowest BCUT2D eigenvalue weighted by Gasteiger charge is -2.36. The number of nitrogens with one attached hydrogen (secondary N) is 3. The molecule has 4 N–H and O–H groups in total. The third kappa shape index (κ3) is 6.82. The smallest absolute Gasteiger partial charge is 0.228 e. The summed E-state index contributed by atoms with van der Waals surface area (Å²) < 4.78 is 0. The van der Waals surface area contributed by atoms with E-state index in [4.69, 9.17) is 0 Å². The summed E-state index contributed by atoms with van der Waals surface area (Å²) in [5, 5.41) is 18.2. The summed E-state index contributed by atoms with van der Waals surface area (Å²) in [6.45, 7) is 3.82. The highest BCUT2D eigenvalue weighted by Crippen LogP contribution is 2.28. The Kier molecular flexibility index (Phi) is 8.02. The van der Waals surface area contributed by atoms with E-state index in [2.05, 4.69) is 33.0 Å². The van der Waals surface area contributed by atoms with Crippen molar-refractivity contribution in [2.24, 2.45) is 11.8 Å². The van der Waals surface area contributed by atoms with Gasteiger partial charge in [0, 0.05) is 45.3 Å². The highest BCUT2D eigenvalue weighted by Gasteiger charge is 2.35. The number of carbonyl (C=O) groups is 3. The van der Waals surface area contributed by atoms with Crippen molar-refractivity contribution in [3.8, 4) is 5.75 Å². The van der Waals surface area contributed by atoms with E-state index < -0.39 is 0 Å². The van der Waals surface area contributed by atoms with Crippen LogP contribution in [0.25, 0.3) is 0 Å². The zero-order valence-electron chi connectivity index (χ0n) is 20.2. The Hall–Kier alpha value is -3.39. The lowest BCUT2D eigenvalue weighted by molar-refractivity contribution is -0.130. The quantitative estimate of drug-likeness (QED) is 0.435. The number of likely N-dealkylation sites (tertiary alicyclic amines) is 1. The largest absolute Gasteiger partial charge is 0.508 e. The lowest BCUT2D eigenvalue weighted by Crippen LogP contribution is -2.49. The van der Waals surface area contributed by atoms with E-state index in [1.807, 2.05) is 18.2 Å². The second kappa shape index (κ2) is 11.4. The van der Waals surface area contributed by atoms with Crippen molar-refractivity contribution in [2.75, 3.05) is 31.5 Å². The lowest BCUT2D eigenvalue weighted by atomic mass is 9.87. The monoisotopic (exact) mass is 478 g/mol. The van der Waals surface area contributed by atoms with Gasteiger partial charge in [-0.2, -0.15) is 0 Å². The molecule has 2 aromatic carbocycles. The first-order valence-electron chi connectivity index (χ1n) is 12.3. The molecule has 1 saturated heterocycles. The fraction of sp³-hybridized carbons (Fsp3) is 0.444. The number of piperidine rings is 1. The summed E-state index contributed by atoms with van der Waals surface area (Å²) in [7, 11) is 0. The van der Waals surface area contributed by atoms with Crippen molar-refractivity contribution in [1.82, 2.24) is 15.5 Å². The number of fused-ring (bicyclic) bond motifs is 1. The van der Waals surface area contributed by atoms with Gasteiger partial charge in [0.15, 0.2) is 0 Å². The van der Waals surface area contributed by atoms with Gasteiger partial charge in [-0.1, -0.05) is 18.2 Å². The van der Waals surface area contributed by atoms with Crippen molar-refractivity contribution < 1.29 is 19.5 Å². The Morgan fingerprint density at radius 3 is 2.34 bits per heavy atom. The molecule has 1 fully saturated rings. The van der Waals surface area contributed by atoms with Gasteiger partial charge in [-0.05, 0) is 66.6 Å². The number of rotatable bonds is 8. The average molecular weight is 479 g/mol. The van der Waals surface area contributed by atoms with E-state index in [0.29, 0.717) is 39.1 Å². The summed E-state index contributed by atoms with van der Waals surface area (Å²) in [5.41, 5.74) is 4.48. The van der Waals surface area contributed by atoms with E-state index in [1.165, 1.54) is 18.1 Å². The van der Waals surface area contributed by atoms with Crippen molar-refractivity contribution in [3.05, 3.63) is 59.2 Å². The number of amides is 3. The SMILES string of the molecule is CC(=O)NCCNC(=O)[C@H]1C[C@@H](C(=O)Nc2ccc3c(c2)CCC3)CN(Cc2ccc(O)cc2)C1.